The zero-order valence-electron chi connectivity index (χ0n) is 19.3. The van der Waals surface area contributed by atoms with Gasteiger partial charge in [-0.25, -0.2) is 4.98 Å². The van der Waals surface area contributed by atoms with Gasteiger partial charge in [0, 0.05) is 29.9 Å². The van der Waals surface area contributed by atoms with E-state index in [1.807, 2.05) is 56.5 Å². The number of likely N-dealkylation sites (N-methyl/N-ethyl adjacent to an activating group) is 1. The fourth-order valence-electron chi connectivity index (χ4n) is 3.05. The number of nitrogens with one attached hydrogen (secondary N) is 1. The van der Waals surface area contributed by atoms with Gasteiger partial charge in [-0.2, -0.15) is 0 Å². The molecule has 0 aliphatic heterocycles. The Morgan fingerprint density at radius 1 is 1.16 bits per heavy atom. The molecule has 0 fully saturated rings. The summed E-state index contributed by atoms with van der Waals surface area (Å²) in [6.45, 7) is 8.92. The molecule has 2 aromatic heterocycles. The first-order valence-electron chi connectivity index (χ1n) is 10.5. The molecule has 5 heteroatoms. The maximum absolute atomic E-state index is 10.8. The van der Waals surface area contributed by atoms with Crippen molar-refractivity contribution in [1.29, 1.82) is 0 Å². The molecule has 0 saturated heterocycles. The van der Waals surface area contributed by atoms with Crippen molar-refractivity contribution < 1.29 is 9.53 Å². The predicted octanol–water partition coefficient (Wildman–Crippen LogP) is 5.38. The Morgan fingerprint density at radius 2 is 1.97 bits per heavy atom. The summed E-state index contributed by atoms with van der Waals surface area (Å²) in [4.78, 5) is 19.5. The van der Waals surface area contributed by atoms with Crippen LogP contribution in [0.5, 0.6) is 0 Å². The summed E-state index contributed by atoms with van der Waals surface area (Å²) in [5.41, 5.74) is 5.72. The number of hydrogen-bond donors (Lipinski definition) is 1. The fourth-order valence-corrected chi connectivity index (χ4v) is 3.05. The van der Waals surface area contributed by atoms with Gasteiger partial charge >= 0.3 is 0 Å². The minimum Gasteiger partial charge on any atom is -0.495 e. The molecule has 0 spiro atoms. The summed E-state index contributed by atoms with van der Waals surface area (Å²) in [6, 6.07) is 11.9. The number of nitrogens with zero attached hydrogens (tertiary/aromatic N) is 2. The first-order chi connectivity index (χ1) is 15.5. The number of hydrogen-bond acceptors (Lipinski definition) is 5. The molecule has 2 heterocycles. The minimum atomic E-state index is 0.549. The number of methoxy groups -OCH3 is 1. The zero-order chi connectivity index (χ0) is 23.3. The molecule has 0 atom stereocenters. The van der Waals surface area contributed by atoms with Crippen molar-refractivity contribution >= 4 is 22.9 Å². The third-order valence-electron chi connectivity index (χ3n) is 4.67. The van der Waals surface area contributed by atoms with E-state index in [4.69, 9.17) is 4.74 Å². The van der Waals surface area contributed by atoms with E-state index in [9.17, 15) is 4.79 Å². The number of pyridine rings is 2. The lowest BCUT2D eigenvalue weighted by Crippen LogP contribution is -2.08. The first-order valence-corrected chi connectivity index (χ1v) is 10.5. The van der Waals surface area contributed by atoms with Gasteiger partial charge in [0.2, 0.25) is 0 Å². The van der Waals surface area contributed by atoms with Crippen LogP contribution >= 0.6 is 0 Å². The number of aromatic nitrogens is 2. The molecule has 166 valence electrons. The van der Waals surface area contributed by atoms with Crippen LogP contribution in [0.15, 0.2) is 79.2 Å². The van der Waals surface area contributed by atoms with Crippen LogP contribution in [0.4, 0.5) is 0 Å². The average molecular weight is 430 g/mol. The average Bonchev–Trinajstić information content (AvgIpc) is 2.82. The third kappa shape index (κ3) is 7.60. The fraction of sp³-hybridized carbons (Fsp3) is 0.222. The second-order valence-electron chi connectivity index (χ2n) is 7.34. The summed E-state index contributed by atoms with van der Waals surface area (Å²) < 4.78 is 5.12. The summed E-state index contributed by atoms with van der Waals surface area (Å²) in [5.74, 6) is 0.549. The van der Waals surface area contributed by atoms with Gasteiger partial charge in [0.25, 0.3) is 0 Å². The Bertz CT molecular complexity index is 1120. The molecule has 0 aliphatic rings. The molecule has 3 rings (SSSR count). The number of fused-ring (bicyclic) bond motifs is 1. The van der Waals surface area contributed by atoms with Crippen LogP contribution in [0.1, 0.15) is 41.0 Å². The van der Waals surface area contributed by atoms with Crippen LogP contribution in [0, 0.1) is 0 Å². The summed E-state index contributed by atoms with van der Waals surface area (Å²) >= 11 is 0. The number of carbonyl (C=O) groups excluding carboxylic acids is 1. The molecule has 0 bridgehead atoms. The van der Waals surface area contributed by atoms with E-state index in [2.05, 4.69) is 40.9 Å². The number of aldehydes is 1. The van der Waals surface area contributed by atoms with Gasteiger partial charge in [0.05, 0.1) is 12.6 Å². The van der Waals surface area contributed by atoms with Crippen LogP contribution in [-0.4, -0.2) is 37.0 Å². The van der Waals surface area contributed by atoms with E-state index in [1.165, 1.54) is 5.57 Å². The highest BCUT2D eigenvalue weighted by Gasteiger charge is 2.05. The smallest absolute Gasteiger partial charge is 0.151 e. The minimum absolute atomic E-state index is 0.549. The Hall–Kier alpha value is -3.57. The lowest BCUT2D eigenvalue weighted by molar-refractivity contribution is 0.112. The SMILES string of the molecule is C/C=C\C=C(/C)CNC.C=C(OC)c1ccc2cc(Cc3cncc(C=O)c3)ccc2n1. The summed E-state index contributed by atoms with van der Waals surface area (Å²) in [7, 11) is 3.53. The van der Waals surface area contributed by atoms with Gasteiger partial charge in [0.15, 0.2) is 6.29 Å². The van der Waals surface area contributed by atoms with E-state index in [0.29, 0.717) is 11.3 Å². The predicted molar refractivity (Wildman–Crippen MR) is 133 cm³/mol. The Kier molecular flexibility index (Phi) is 10.0. The molecule has 0 saturated carbocycles. The topological polar surface area (TPSA) is 64.1 Å². The number of ether oxygens (including phenoxy) is 1. The molecule has 0 unspecified atom stereocenters. The second kappa shape index (κ2) is 13.0. The van der Waals surface area contributed by atoms with Crippen molar-refractivity contribution in [3.63, 3.8) is 0 Å². The van der Waals surface area contributed by atoms with Crippen molar-refractivity contribution in [2.45, 2.75) is 20.3 Å². The lowest BCUT2D eigenvalue weighted by Gasteiger charge is -2.07. The molecule has 1 N–H and O–H groups in total. The number of carbonyl (C=O) groups is 1. The van der Waals surface area contributed by atoms with Gasteiger partial charge < -0.3 is 10.1 Å². The quantitative estimate of drug-likeness (QED) is 0.296. The van der Waals surface area contributed by atoms with Crippen molar-refractivity contribution in [3.8, 4) is 0 Å². The molecular formula is C27H31N3O2. The second-order valence-corrected chi connectivity index (χ2v) is 7.34. The van der Waals surface area contributed by atoms with Crippen molar-refractivity contribution in [3.05, 3.63) is 102 Å². The number of allylic oxidation sites excluding steroid dienone is 3. The molecule has 0 aliphatic carbocycles. The highest BCUT2D eigenvalue weighted by atomic mass is 16.5. The maximum Gasteiger partial charge on any atom is 0.151 e. The standard InChI is InChI=1S/C19H16N2O2.C8H15N/c1-13(23-2)18-6-4-17-9-14(3-5-19(17)21-18)7-15-8-16(12-22)11-20-10-15;1-4-5-6-8(2)7-9-3/h3-6,8-12H,1,7H2,2H3;4-6,9H,7H2,1-3H3/b;5-4-,8-6+. The molecular weight excluding hydrogens is 398 g/mol. The van der Waals surface area contributed by atoms with Gasteiger partial charge in [-0.3, -0.25) is 9.78 Å². The Balaban J connectivity index is 0.000000344. The van der Waals surface area contributed by atoms with Crippen molar-refractivity contribution in [1.82, 2.24) is 15.3 Å². The molecule has 32 heavy (non-hydrogen) atoms. The van der Waals surface area contributed by atoms with Gasteiger partial charge in [-0.05, 0) is 62.7 Å². The summed E-state index contributed by atoms with van der Waals surface area (Å²) in [5, 5.41) is 4.12. The van der Waals surface area contributed by atoms with Crippen molar-refractivity contribution in [2.75, 3.05) is 20.7 Å². The molecule has 5 nitrogen and oxygen atoms in total. The Labute approximate surface area is 190 Å². The highest BCUT2D eigenvalue weighted by molar-refractivity contribution is 5.81. The van der Waals surface area contributed by atoms with Crippen LogP contribution in [0.2, 0.25) is 0 Å². The van der Waals surface area contributed by atoms with E-state index in [0.717, 1.165) is 47.0 Å². The largest absolute Gasteiger partial charge is 0.495 e. The van der Waals surface area contributed by atoms with E-state index >= 15 is 0 Å². The van der Waals surface area contributed by atoms with Crippen LogP contribution in [0.25, 0.3) is 16.7 Å². The molecule has 0 radical (unpaired) electrons. The summed E-state index contributed by atoms with van der Waals surface area (Å²) in [6.07, 6.45) is 11.1. The molecule has 1 aromatic carbocycles. The monoisotopic (exact) mass is 429 g/mol. The molecule has 0 amide bonds. The third-order valence-corrected chi connectivity index (χ3v) is 4.67. The Morgan fingerprint density at radius 3 is 2.66 bits per heavy atom. The highest BCUT2D eigenvalue weighted by Crippen LogP contribution is 2.20. The number of benzene rings is 1. The van der Waals surface area contributed by atoms with E-state index in [1.54, 1.807) is 19.5 Å². The van der Waals surface area contributed by atoms with Crippen LogP contribution < -0.4 is 5.32 Å². The van der Waals surface area contributed by atoms with Gasteiger partial charge in [-0.15, -0.1) is 0 Å². The van der Waals surface area contributed by atoms with E-state index < -0.39 is 0 Å². The maximum atomic E-state index is 10.8. The molecule has 3 aromatic rings. The van der Waals surface area contributed by atoms with Gasteiger partial charge in [-0.1, -0.05) is 42.5 Å². The van der Waals surface area contributed by atoms with Crippen LogP contribution in [-0.2, 0) is 11.2 Å². The zero-order valence-corrected chi connectivity index (χ0v) is 19.3. The number of rotatable bonds is 8. The van der Waals surface area contributed by atoms with Gasteiger partial charge in [0.1, 0.15) is 11.5 Å². The van der Waals surface area contributed by atoms with E-state index in [-0.39, 0.29) is 0 Å². The van der Waals surface area contributed by atoms with Crippen molar-refractivity contribution in [2.24, 2.45) is 0 Å². The normalized spacial score (nSPS) is 11.2. The lowest BCUT2D eigenvalue weighted by atomic mass is 10.0. The van der Waals surface area contributed by atoms with Crippen LogP contribution in [0.3, 0.4) is 0 Å². The first kappa shape index (κ1) is 24.7.